The van der Waals surface area contributed by atoms with Crippen molar-refractivity contribution in [2.45, 2.75) is 63.8 Å². The summed E-state index contributed by atoms with van der Waals surface area (Å²) >= 11 is 0. The van der Waals surface area contributed by atoms with Crippen LogP contribution in [0.5, 0.6) is 0 Å². The van der Waals surface area contributed by atoms with E-state index in [0.717, 1.165) is 44.1 Å². The summed E-state index contributed by atoms with van der Waals surface area (Å²) < 4.78 is 0. The third-order valence-electron chi connectivity index (χ3n) is 6.75. The number of rotatable bonds is 12. The maximum Gasteiger partial charge on any atom is 0.335 e. The number of hydrogen-bond donors (Lipinski definition) is 4. The molecule has 0 radical (unpaired) electrons. The molecule has 0 bridgehead atoms. The Labute approximate surface area is 211 Å². The summed E-state index contributed by atoms with van der Waals surface area (Å²) in [6, 6.07) is 14.9. The molecule has 2 amide bonds. The number of hydrogen-bond acceptors (Lipinski definition) is 4. The number of carboxylic acid groups (broad SMARTS) is 2. The number of carboxylic acids is 2. The van der Waals surface area contributed by atoms with Crippen LogP contribution in [-0.4, -0.2) is 40.0 Å². The van der Waals surface area contributed by atoms with Crippen LogP contribution >= 0.6 is 0 Å². The summed E-state index contributed by atoms with van der Waals surface area (Å²) in [7, 11) is 0. The molecule has 3 rings (SSSR count). The van der Waals surface area contributed by atoms with Gasteiger partial charge in [-0.25, -0.2) is 4.79 Å². The lowest BCUT2D eigenvalue weighted by Gasteiger charge is -2.31. The maximum absolute atomic E-state index is 13.3. The fourth-order valence-electron chi connectivity index (χ4n) is 4.79. The number of nitrogens with one attached hydrogen (secondary N) is 2. The van der Waals surface area contributed by atoms with Gasteiger partial charge in [0, 0.05) is 11.6 Å². The normalized spacial score (nSPS) is 15.4. The van der Waals surface area contributed by atoms with Gasteiger partial charge in [-0.2, -0.15) is 0 Å². The average Bonchev–Trinajstić information content (AvgIpc) is 2.87. The highest BCUT2D eigenvalue weighted by atomic mass is 16.4. The lowest BCUT2D eigenvalue weighted by atomic mass is 9.83. The second-order valence-corrected chi connectivity index (χ2v) is 9.43. The van der Waals surface area contributed by atoms with Crippen molar-refractivity contribution in [3.05, 3.63) is 65.7 Å². The fraction of sp³-hybridized carbons (Fsp3) is 0.429. The predicted octanol–water partition coefficient (Wildman–Crippen LogP) is 4.50. The van der Waals surface area contributed by atoms with Gasteiger partial charge in [0.2, 0.25) is 11.8 Å². The van der Waals surface area contributed by atoms with Gasteiger partial charge in [0.15, 0.2) is 0 Å². The van der Waals surface area contributed by atoms with E-state index in [1.54, 1.807) is 0 Å². The third-order valence-corrected chi connectivity index (χ3v) is 6.75. The third kappa shape index (κ3) is 8.22. The van der Waals surface area contributed by atoms with Crippen molar-refractivity contribution in [3.8, 4) is 0 Å². The summed E-state index contributed by atoms with van der Waals surface area (Å²) in [5, 5.41) is 24.1. The molecule has 1 fully saturated rings. The van der Waals surface area contributed by atoms with Gasteiger partial charge in [-0.05, 0) is 67.9 Å². The highest BCUT2D eigenvalue weighted by Gasteiger charge is 2.33. The molecule has 1 aliphatic rings. The molecule has 2 unspecified atom stereocenters. The predicted molar refractivity (Wildman–Crippen MR) is 136 cm³/mol. The standard InChI is InChI=1S/C28H34N2O6/c31-24(32)18-22(13-7-10-19-8-3-1-4-9-19)26(33)30-25(20-11-5-2-6-12-20)27(34)29-23-16-14-21(15-17-23)28(35)36/h1,3-4,8-9,14-17,20,22,25H,2,5-7,10-13,18H2,(H,29,34)(H,30,33)(H,31,32)(H,35,36). The lowest BCUT2D eigenvalue weighted by Crippen LogP contribution is -2.51. The van der Waals surface area contributed by atoms with E-state index in [0.29, 0.717) is 18.5 Å². The van der Waals surface area contributed by atoms with Crippen molar-refractivity contribution in [2.24, 2.45) is 11.8 Å². The summed E-state index contributed by atoms with van der Waals surface area (Å²) in [6.07, 6.45) is 6.12. The van der Waals surface area contributed by atoms with E-state index < -0.39 is 29.8 Å². The minimum atomic E-state index is -1.06. The zero-order chi connectivity index (χ0) is 25.9. The van der Waals surface area contributed by atoms with Gasteiger partial charge in [0.1, 0.15) is 6.04 Å². The van der Waals surface area contributed by atoms with Crippen LogP contribution in [0.2, 0.25) is 0 Å². The molecule has 0 aliphatic heterocycles. The Kier molecular flexibility index (Phi) is 10.0. The van der Waals surface area contributed by atoms with E-state index >= 15 is 0 Å². The first-order valence-electron chi connectivity index (χ1n) is 12.5. The van der Waals surface area contributed by atoms with Crippen LogP contribution in [0.15, 0.2) is 54.6 Å². The zero-order valence-corrected chi connectivity index (χ0v) is 20.3. The average molecular weight is 495 g/mol. The number of aryl methyl sites for hydroxylation is 1. The number of benzene rings is 2. The quantitative estimate of drug-likeness (QED) is 0.343. The number of anilines is 1. The molecule has 1 saturated carbocycles. The summed E-state index contributed by atoms with van der Waals surface area (Å²) in [6.45, 7) is 0. The highest BCUT2D eigenvalue weighted by Crippen LogP contribution is 2.28. The van der Waals surface area contributed by atoms with Crippen molar-refractivity contribution in [1.29, 1.82) is 0 Å². The summed E-state index contributed by atoms with van der Waals surface area (Å²) in [5.41, 5.74) is 1.67. The van der Waals surface area contributed by atoms with E-state index in [9.17, 15) is 24.3 Å². The van der Waals surface area contributed by atoms with E-state index in [1.807, 2.05) is 30.3 Å². The molecule has 2 atom stereocenters. The van der Waals surface area contributed by atoms with Crippen molar-refractivity contribution in [2.75, 3.05) is 5.32 Å². The van der Waals surface area contributed by atoms with Gasteiger partial charge in [0.25, 0.3) is 0 Å². The molecule has 1 aliphatic carbocycles. The van der Waals surface area contributed by atoms with Gasteiger partial charge in [-0.15, -0.1) is 0 Å². The van der Waals surface area contributed by atoms with Gasteiger partial charge in [-0.3, -0.25) is 14.4 Å². The van der Waals surface area contributed by atoms with Crippen LogP contribution < -0.4 is 10.6 Å². The minimum Gasteiger partial charge on any atom is -0.481 e. The van der Waals surface area contributed by atoms with Gasteiger partial charge in [0.05, 0.1) is 12.0 Å². The number of carbonyl (C=O) groups is 4. The van der Waals surface area contributed by atoms with Gasteiger partial charge < -0.3 is 20.8 Å². The second-order valence-electron chi connectivity index (χ2n) is 9.43. The topological polar surface area (TPSA) is 133 Å². The van der Waals surface area contributed by atoms with Crippen LogP contribution in [0, 0.1) is 11.8 Å². The van der Waals surface area contributed by atoms with Gasteiger partial charge >= 0.3 is 11.9 Å². The molecule has 192 valence electrons. The summed E-state index contributed by atoms with van der Waals surface area (Å²) in [4.78, 5) is 49.1. The molecule has 8 nitrogen and oxygen atoms in total. The molecule has 2 aromatic carbocycles. The number of carbonyl (C=O) groups excluding carboxylic acids is 2. The van der Waals surface area contributed by atoms with Crippen LogP contribution in [-0.2, 0) is 20.8 Å². The fourth-order valence-corrected chi connectivity index (χ4v) is 4.79. The Morgan fingerprint density at radius 1 is 0.861 bits per heavy atom. The van der Waals surface area contributed by atoms with Crippen LogP contribution in [0.4, 0.5) is 5.69 Å². The SMILES string of the molecule is O=C(O)CC(CCCc1ccccc1)C(=O)NC(C(=O)Nc1ccc(C(=O)O)cc1)C1CCCCC1. The molecular weight excluding hydrogens is 460 g/mol. The molecule has 0 saturated heterocycles. The van der Waals surface area contributed by atoms with Crippen LogP contribution in [0.3, 0.4) is 0 Å². The van der Waals surface area contributed by atoms with E-state index in [-0.39, 0.29) is 23.8 Å². The largest absolute Gasteiger partial charge is 0.481 e. The molecular formula is C28H34N2O6. The lowest BCUT2D eigenvalue weighted by molar-refractivity contribution is -0.141. The first-order chi connectivity index (χ1) is 17.3. The smallest absolute Gasteiger partial charge is 0.335 e. The summed E-state index contributed by atoms with van der Waals surface area (Å²) in [5.74, 6) is -3.69. The minimum absolute atomic E-state index is 0.0456. The zero-order valence-electron chi connectivity index (χ0n) is 20.3. The number of amides is 2. The molecule has 2 aromatic rings. The molecule has 36 heavy (non-hydrogen) atoms. The first-order valence-corrected chi connectivity index (χ1v) is 12.5. The Hall–Kier alpha value is -3.68. The Bertz CT molecular complexity index is 1030. The van der Waals surface area contributed by atoms with Crippen molar-refractivity contribution in [3.63, 3.8) is 0 Å². The Balaban J connectivity index is 1.69. The van der Waals surface area contributed by atoms with E-state index in [2.05, 4.69) is 10.6 Å². The van der Waals surface area contributed by atoms with Crippen molar-refractivity contribution < 1.29 is 29.4 Å². The van der Waals surface area contributed by atoms with E-state index in [4.69, 9.17) is 5.11 Å². The van der Waals surface area contributed by atoms with Crippen molar-refractivity contribution in [1.82, 2.24) is 5.32 Å². The van der Waals surface area contributed by atoms with Crippen LogP contribution in [0.1, 0.15) is 67.3 Å². The first kappa shape index (κ1) is 26.9. The molecule has 8 heteroatoms. The number of aliphatic carboxylic acids is 1. The number of aromatic carboxylic acids is 1. The molecule has 0 aromatic heterocycles. The molecule has 0 spiro atoms. The molecule has 4 N–H and O–H groups in total. The maximum atomic E-state index is 13.3. The van der Waals surface area contributed by atoms with Gasteiger partial charge in [-0.1, -0.05) is 49.6 Å². The Morgan fingerprint density at radius 2 is 1.53 bits per heavy atom. The van der Waals surface area contributed by atoms with E-state index in [1.165, 1.54) is 24.3 Å². The second kappa shape index (κ2) is 13.4. The highest BCUT2D eigenvalue weighted by molar-refractivity contribution is 5.98. The molecule has 0 heterocycles. The monoisotopic (exact) mass is 494 g/mol. The van der Waals surface area contributed by atoms with Crippen molar-refractivity contribution >= 4 is 29.4 Å². The van der Waals surface area contributed by atoms with Crippen LogP contribution in [0.25, 0.3) is 0 Å². The Morgan fingerprint density at radius 3 is 2.14 bits per heavy atom.